The van der Waals surface area contributed by atoms with Crippen LogP contribution in [0.3, 0.4) is 0 Å². The highest BCUT2D eigenvalue weighted by Gasteiger charge is 2.35. The maximum Gasteiger partial charge on any atom is 0.0530 e. The average Bonchev–Trinajstić information content (AvgIpc) is 2.68. The van der Waals surface area contributed by atoms with Crippen molar-refractivity contribution in [2.24, 2.45) is 5.41 Å². The molecular weight excluding hydrogens is 272 g/mol. The normalized spacial score (nSPS) is 18.7. The molecule has 0 radical (unpaired) electrons. The smallest absolute Gasteiger partial charge is 0.0530 e. The van der Waals surface area contributed by atoms with E-state index in [-0.39, 0.29) is 0 Å². The molecule has 1 heterocycles. The SMILES string of the molecule is BrCC1(COCCc2cccs2)CCC1. The van der Waals surface area contributed by atoms with E-state index in [1.165, 1.54) is 24.1 Å². The van der Waals surface area contributed by atoms with Gasteiger partial charge in [0.25, 0.3) is 0 Å². The fourth-order valence-electron chi connectivity index (χ4n) is 1.91. The summed E-state index contributed by atoms with van der Waals surface area (Å²) in [6, 6.07) is 4.28. The van der Waals surface area contributed by atoms with Gasteiger partial charge in [0.2, 0.25) is 0 Å². The van der Waals surface area contributed by atoms with Crippen LogP contribution in [0.1, 0.15) is 24.1 Å². The van der Waals surface area contributed by atoms with Crippen LogP contribution in [0.15, 0.2) is 17.5 Å². The highest BCUT2D eigenvalue weighted by molar-refractivity contribution is 9.09. The molecule has 0 atom stereocenters. The van der Waals surface area contributed by atoms with Crippen LogP contribution in [0, 0.1) is 5.41 Å². The summed E-state index contributed by atoms with van der Waals surface area (Å²) >= 11 is 5.41. The highest BCUT2D eigenvalue weighted by Crippen LogP contribution is 2.42. The van der Waals surface area contributed by atoms with Crippen LogP contribution >= 0.6 is 27.3 Å². The van der Waals surface area contributed by atoms with Gasteiger partial charge >= 0.3 is 0 Å². The molecule has 0 N–H and O–H groups in total. The predicted octanol–water partition coefficient (Wildman–Crippen LogP) is 3.87. The Labute approximate surface area is 104 Å². The van der Waals surface area contributed by atoms with E-state index < -0.39 is 0 Å². The van der Waals surface area contributed by atoms with Crippen LogP contribution < -0.4 is 0 Å². The van der Waals surface area contributed by atoms with Gasteiger partial charge in [0.1, 0.15) is 0 Å². The van der Waals surface area contributed by atoms with Crippen LogP contribution in [0.25, 0.3) is 0 Å². The minimum atomic E-state index is 0.468. The molecule has 0 unspecified atom stereocenters. The van der Waals surface area contributed by atoms with E-state index in [0.717, 1.165) is 25.0 Å². The minimum Gasteiger partial charge on any atom is -0.380 e. The zero-order valence-corrected chi connectivity index (χ0v) is 11.3. The summed E-state index contributed by atoms with van der Waals surface area (Å²) < 4.78 is 5.78. The maximum absolute atomic E-state index is 5.78. The van der Waals surface area contributed by atoms with E-state index in [1.54, 1.807) is 0 Å². The van der Waals surface area contributed by atoms with E-state index in [4.69, 9.17) is 4.74 Å². The van der Waals surface area contributed by atoms with E-state index >= 15 is 0 Å². The molecule has 1 nitrogen and oxygen atoms in total. The molecule has 1 aromatic heterocycles. The van der Waals surface area contributed by atoms with Crippen LogP contribution in [-0.4, -0.2) is 18.5 Å². The Bertz CT molecular complexity index is 274. The number of hydrogen-bond acceptors (Lipinski definition) is 2. The largest absolute Gasteiger partial charge is 0.380 e. The molecule has 0 spiro atoms. The Hall–Kier alpha value is 0.140. The molecule has 1 aliphatic rings. The molecule has 1 aromatic rings. The van der Waals surface area contributed by atoms with Gasteiger partial charge in [-0.05, 0) is 24.3 Å². The fourth-order valence-corrected chi connectivity index (χ4v) is 3.32. The lowest BCUT2D eigenvalue weighted by Crippen LogP contribution is -2.36. The molecule has 0 saturated heterocycles. The lowest BCUT2D eigenvalue weighted by atomic mass is 9.71. The Kier molecular flexibility index (Phi) is 4.23. The second-order valence-corrected chi connectivity index (χ2v) is 5.96. The van der Waals surface area contributed by atoms with Crippen molar-refractivity contribution in [3.63, 3.8) is 0 Å². The second-order valence-electron chi connectivity index (χ2n) is 4.37. The number of halogens is 1. The molecule has 15 heavy (non-hydrogen) atoms. The van der Waals surface area contributed by atoms with Gasteiger partial charge < -0.3 is 4.74 Å². The van der Waals surface area contributed by atoms with Crippen LogP contribution in [-0.2, 0) is 11.2 Å². The number of thiophene rings is 1. The first-order valence-electron chi connectivity index (χ1n) is 5.51. The summed E-state index contributed by atoms with van der Waals surface area (Å²) in [4.78, 5) is 1.43. The van der Waals surface area contributed by atoms with Gasteiger partial charge in [0.15, 0.2) is 0 Å². The Morgan fingerprint density at radius 2 is 2.33 bits per heavy atom. The Balaban J connectivity index is 1.62. The highest BCUT2D eigenvalue weighted by atomic mass is 79.9. The standard InChI is InChI=1S/C12H17BrOS/c13-9-12(5-2-6-12)10-14-7-4-11-3-1-8-15-11/h1,3,8H,2,4-7,9-10H2. The zero-order valence-electron chi connectivity index (χ0n) is 8.88. The van der Waals surface area contributed by atoms with Crippen molar-refractivity contribution in [2.45, 2.75) is 25.7 Å². The van der Waals surface area contributed by atoms with Crippen LogP contribution in [0.5, 0.6) is 0 Å². The van der Waals surface area contributed by atoms with E-state index in [9.17, 15) is 0 Å². The average molecular weight is 289 g/mol. The molecule has 0 aliphatic heterocycles. The van der Waals surface area contributed by atoms with E-state index in [0.29, 0.717) is 5.41 Å². The first kappa shape index (κ1) is 11.6. The lowest BCUT2D eigenvalue weighted by Gasteiger charge is -2.40. The number of hydrogen-bond donors (Lipinski definition) is 0. The van der Waals surface area contributed by atoms with Crippen molar-refractivity contribution < 1.29 is 4.74 Å². The summed E-state index contributed by atoms with van der Waals surface area (Å²) in [7, 11) is 0. The maximum atomic E-state index is 5.78. The van der Waals surface area contributed by atoms with Gasteiger partial charge in [-0.1, -0.05) is 28.4 Å². The van der Waals surface area contributed by atoms with Crippen LogP contribution in [0.4, 0.5) is 0 Å². The number of alkyl halides is 1. The van der Waals surface area contributed by atoms with E-state index in [2.05, 4.69) is 33.4 Å². The van der Waals surface area contributed by atoms with Crippen molar-refractivity contribution in [3.8, 4) is 0 Å². The fraction of sp³-hybridized carbons (Fsp3) is 0.667. The van der Waals surface area contributed by atoms with Crippen molar-refractivity contribution in [3.05, 3.63) is 22.4 Å². The third kappa shape index (κ3) is 3.05. The Morgan fingerprint density at radius 3 is 2.87 bits per heavy atom. The van der Waals surface area contributed by atoms with Crippen molar-refractivity contribution >= 4 is 27.3 Å². The molecule has 84 valence electrons. The van der Waals surface area contributed by atoms with Gasteiger partial charge in [-0.15, -0.1) is 11.3 Å². The van der Waals surface area contributed by atoms with Gasteiger partial charge in [-0.2, -0.15) is 0 Å². The summed E-state index contributed by atoms with van der Waals surface area (Å²) in [6.07, 6.45) is 5.10. The van der Waals surface area contributed by atoms with E-state index in [1.807, 2.05) is 11.3 Å². The topological polar surface area (TPSA) is 9.23 Å². The minimum absolute atomic E-state index is 0.468. The summed E-state index contributed by atoms with van der Waals surface area (Å²) in [5.74, 6) is 0. The van der Waals surface area contributed by atoms with Crippen LogP contribution in [0.2, 0.25) is 0 Å². The molecular formula is C12H17BrOS. The second kappa shape index (κ2) is 5.46. The molecule has 2 rings (SSSR count). The van der Waals surface area contributed by atoms with Gasteiger partial charge in [0, 0.05) is 22.0 Å². The zero-order chi connectivity index (χ0) is 10.6. The predicted molar refractivity (Wildman–Crippen MR) is 68.9 cm³/mol. The molecule has 0 aromatic carbocycles. The summed E-state index contributed by atoms with van der Waals surface area (Å²) in [5, 5.41) is 3.22. The quantitative estimate of drug-likeness (QED) is 0.570. The molecule has 3 heteroatoms. The van der Waals surface area contributed by atoms with Crippen molar-refractivity contribution in [1.82, 2.24) is 0 Å². The summed E-state index contributed by atoms with van der Waals surface area (Å²) in [6.45, 7) is 1.80. The molecule has 1 aliphatic carbocycles. The first-order valence-corrected chi connectivity index (χ1v) is 7.51. The third-order valence-corrected chi connectivity index (χ3v) is 5.30. The molecule has 0 bridgehead atoms. The van der Waals surface area contributed by atoms with Gasteiger partial charge in [-0.25, -0.2) is 0 Å². The van der Waals surface area contributed by atoms with Crippen molar-refractivity contribution in [1.29, 1.82) is 0 Å². The number of ether oxygens (including phenoxy) is 1. The molecule has 1 saturated carbocycles. The molecule has 0 amide bonds. The number of rotatable bonds is 6. The summed E-state index contributed by atoms with van der Waals surface area (Å²) in [5.41, 5.74) is 0.468. The Morgan fingerprint density at radius 1 is 1.47 bits per heavy atom. The van der Waals surface area contributed by atoms with Crippen molar-refractivity contribution in [2.75, 3.05) is 18.5 Å². The van der Waals surface area contributed by atoms with Gasteiger partial charge in [0.05, 0.1) is 13.2 Å². The first-order chi connectivity index (χ1) is 7.35. The lowest BCUT2D eigenvalue weighted by molar-refractivity contribution is 0.0124. The monoisotopic (exact) mass is 288 g/mol. The van der Waals surface area contributed by atoms with Gasteiger partial charge in [-0.3, -0.25) is 0 Å². The molecule has 1 fully saturated rings. The third-order valence-electron chi connectivity index (χ3n) is 3.18.